The van der Waals surface area contributed by atoms with Crippen molar-refractivity contribution in [2.45, 2.75) is 45.6 Å². The van der Waals surface area contributed by atoms with Gasteiger partial charge in [-0.2, -0.15) is 0 Å². The Morgan fingerprint density at radius 1 is 1.32 bits per heavy atom. The quantitative estimate of drug-likeness (QED) is 0.262. The molecule has 0 radical (unpaired) electrons. The fourth-order valence-electron chi connectivity index (χ4n) is 3.87. The van der Waals surface area contributed by atoms with Crippen molar-refractivity contribution >= 4 is 35.6 Å². The molecule has 28 heavy (non-hydrogen) atoms. The summed E-state index contributed by atoms with van der Waals surface area (Å²) in [6, 6.07) is 6.63. The summed E-state index contributed by atoms with van der Waals surface area (Å²) >= 11 is 0. The van der Waals surface area contributed by atoms with Gasteiger partial charge in [0, 0.05) is 45.3 Å². The van der Waals surface area contributed by atoms with Gasteiger partial charge in [-0.3, -0.25) is 14.3 Å². The highest BCUT2D eigenvalue weighted by Gasteiger charge is 2.24. The first kappa shape index (κ1) is 22.9. The molecule has 0 aromatic carbocycles. The summed E-state index contributed by atoms with van der Waals surface area (Å²) in [5.41, 5.74) is 0.904. The lowest BCUT2D eigenvalue weighted by Crippen LogP contribution is -2.46. The molecular weight excluding hydrogens is 465 g/mol. The van der Waals surface area contributed by atoms with Gasteiger partial charge in [-0.1, -0.05) is 13.0 Å². The molecule has 0 aliphatic carbocycles. The lowest BCUT2D eigenvalue weighted by Gasteiger charge is -2.29. The van der Waals surface area contributed by atoms with E-state index in [1.807, 2.05) is 24.4 Å². The van der Waals surface area contributed by atoms with Crippen LogP contribution in [-0.2, 0) is 6.42 Å². The molecule has 2 aromatic rings. The number of pyridine rings is 1. The van der Waals surface area contributed by atoms with Crippen molar-refractivity contribution in [2.24, 2.45) is 4.99 Å². The summed E-state index contributed by atoms with van der Waals surface area (Å²) < 4.78 is 2.06. The summed E-state index contributed by atoms with van der Waals surface area (Å²) in [6.07, 6.45) is 6.46. The summed E-state index contributed by atoms with van der Waals surface area (Å²) in [6.45, 7) is 9.46. The van der Waals surface area contributed by atoms with Crippen molar-refractivity contribution < 1.29 is 0 Å². The van der Waals surface area contributed by atoms with Crippen LogP contribution >= 0.6 is 24.0 Å². The van der Waals surface area contributed by atoms with Crippen molar-refractivity contribution in [1.82, 2.24) is 29.7 Å². The molecule has 1 unspecified atom stereocenters. The van der Waals surface area contributed by atoms with Gasteiger partial charge < -0.3 is 10.2 Å². The van der Waals surface area contributed by atoms with Crippen LogP contribution in [0.1, 0.15) is 38.9 Å². The lowest BCUT2D eigenvalue weighted by atomic mass is 10.2. The number of hydrogen-bond acceptors (Lipinski definition) is 4. The molecule has 156 valence electrons. The van der Waals surface area contributed by atoms with Crippen molar-refractivity contribution in [1.29, 1.82) is 0 Å². The van der Waals surface area contributed by atoms with Gasteiger partial charge in [0.15, 0.2) is 11.6 Å². The number of likely N-dealkylation sites (N-methyl/N-ethyl adjacent to an activating group) is 2. The standard InChI is InChI=1S/C20H33N7.HI/c1-4-21-20(25(3)16-17-10-9-14-26(17)5-2)22-13-8-12-19-24-23-18-11-6-7-15-27(18)19;/h6-7,11,15,17H,4-5,8-10,12-14,16H2,1-3H3,(H,21,22);1H. The normalized spacial score (nSPS) is 17.7. The van der Waals surface area contributed by atoms with Gasteiger partial charge in [-0.25, -0.2) is 0 Å². The number of hydrogen-bond donors (Lipinski definition) is 1. The number of rotatable bonds is 8. The van der Waals surface area contributed by atoms with E-state index in [-0.39, 0.29) is 24.0 Å². The number of nitrogens with zero attached hydrogens (tertiary/aromatic N) is 6. The van der Waals surface area contributed by atoms with Gasteiger partial charge >= 0.3 is 0 Å². The summed E-state index contributed by atoms with van der Waals surface area (Å²) in [4.78, 5) is 9.71. The molecular formula is C20H34IN7. The van der Waals surface area contributed by atoms with Gasteiger partial charge in [0.25, 0.3) is 0 Å². The first-order valence-corrected chi connectivity index (χ1v) is 10.2. The summed E-state index contributed by atoms with van der Waals surface area (Å²) in [7, 11) is 2.15. The third-order valence-corrected chi connectivity index (χ3v) is 5.29. The third-order valence-electron chi connectivity index (χ3n) is 5.29. The van der Waals surface area contributed by atoms with E-state index in [2.05, 4.69) is 50.6 Å². The van der Waals surface area contributed by atoms with E-state index in [0.717, 1.165) is 56.5 Å². The lowest BCUT2D eigenvalue weighted by molar-refractivity contribution is 0.232. The van der Waals surface area contributed by atoms with Crippen molar-refractivity contribution in [3.63, 3.8) is 0 Å². The molecule has 3 rings (SSSR count). The van der Waals surface area contributed by atoms with Crippen LogP contribution in [0.3, 0.4) is 0 Å². The zero-order valence-electron chi connectivity index (χ0n) is 17.3. The average molecular weight is 499 g/mol. The van der Waals surface area contributed by atoms with Crippen LogP contribution in [-0.4, -0.2) is 76.2 Å². The van der Waals surface area contributed by atoms with Gasteiger partial charge in [-0.05, 0) is 51.4 Å². The Morgan fingerprint density at radius 2 is 2.18 bits per heavy atom. The van der Waals surface area contributed by atoms with Crippen LogP contribution in [0.2, 0.25) is 0 Å². The Morgan fingerprint density at radius 3 is 2.96 bits per heavy atom. The Bertz CT molecular complexity index is 745. The molecule has 8 heteroatoms. The molecule has 3 heterocycles. The summed E-state index contributed by atoms with van der Waals surface area (Å²) in [5.74, 6) is 2.01. The number of nitrogens with one attached hydrogen (secondary N) is 1. The van der Waals surface area contributed by atoms with E-state index < -0.39 is 0 Å². The molecule has 2 aromatic heterocycles. The van der Waals surface area contributed by atoms with E-state index in [4.69, 9.17) is 4.99 Å². The largest absolute Gasteiger partial charge is 0.357 e. The monoisotopic (exact) mass is 499 g/mol. The van der Waals surface area contributed by atoms with Crippen LogP contribution < -0.4 is 5.32 Å². The van der Waals surface area contributed by atoms with E-state index in [1.54, 1.807) is 0 Å². The van der Waals surface area contributed by atoms with Gasteiger partial charge in [-0.15, -0.1) is 34.2 Å². The Hall–Kier alpha value is -1.42. The number of aryl methyl sites for hydroxylation is 1. The molecule has 1 N–H and O–H groups in total. The number of likely N-dealkylation sites (tertiary alicyclic amines) is 1. The minimum absolute atomic E-state index is 0. The maximum Gasteiger partial charge on any atom is 0.193 e. The van der Waals surface area contributed by atoms with Gasteiger partial charge in [0.1, 0.15) is 5.82 Å². The molecule has 1 saturated heterocycles. The molecule has 1 fully saturated rings. The number of aromatic nitrogens is 3. The number of fused-ring (bicyclic) bond motifs is 1. The summed E-state index contributed by atoms with van der Waals surface area (Å²) in [5, 5.41) is 12.0. The van der Waals surface area contributed by atoms with Crippen LogP contribution in [0.5, 0.6) is 0 Å². The van der Waals surface area contributed by atoms with E-state index >= 15 is 0 Å². The average Bonchev–Trinajstić information content (AvgIpc) is 3.30. The van der Waals surface area contributed by atoms with Crippen LogP contribution in [0, 0.1) is 0 Å². The molecule has 0 saturated carbocycles. The minimum atomic E-state index is 0. The van der Waals surface area contributed by atoms with Crippen LogP contribution in [0.25, 0.3) is 5.65 Å². The number of aliphatic imine (C=N–C) groups is 1. The first-order valence-electron chi connectivity index (χ1n) is 10.2. The predicted octanol–water partition coefficient (Wildman–Crippen LogP) is 2.66. The van der Waals surface area contributed by atoms with Crippen molar-refractivity contribution in [3.05, 3.63) is 30.2 Å². The van der Waals surface area contributed by atoms with Crippen LogP contribution in [0.15, 0.2) is 29.4 Å². The Labute approximate surface area is 185 Å². The van der Waals surface area contributed by atoms with Gasteiger partial charge in [0.2, 0.25) is 0 Å². The van der Waals surface area contributed by atoms with Crippen molar-refractivity contribution in [2.75, 3.05) is 39.8 Å². The van der Waals surface area contributed by atoms with Crippen molar-refractivity contribution in [3.8, 4) is 0 Å². The zero-order chi connectivity index (χ0) is 19.1. The zero-order valence-corrected chi connectivity index (χ0v) is 19.7. The number of guanidine groups is 1. The third kappa shape index (κ3) is 5.79. The van der Waals surface area contributed by atoms with E-state index in [9.17, 15) is 0 Å². The second-order valence-corrected chi connectivity index (χ2v) is 7.19. The van der Waals surface area contributed by atoms with E-state index in [1.165, 1.54) is 19.4 Å². The smallest absolute Gasteiger partial charge is 0.193 e. The fourth-order valence-corrected chi connectivity index (χ4v) is 3.87. The van der Waals surface area contributed by atoms with E-state index in [0.29, 0.717) is 6.04 Å². The molecule has 0 amide bonds. The topological polar surface area (TPSA) is 61.1 Å². The predicted molar refractivity (Wildman–Crippen MR) is 126 cm³/mol. The maximum atomic E-state index is 4.84. The molecule has 0 spiro atoms. The van der Waals surface area contributed by atoms with Gasteiger partial charge in [0.05, 0.1) is 0 Å². The molecule has 1 atom stereocenters. The maximum absolute atomic E-state index is 4.84. The highest BCUT2D eigenvalue weighted by atomic mass is 127. The highest BCUT2D eigenvalue weighted by Crippen LogP contribution is 2.17. The highest BCUT2D eigenvalue weighted by molar-refractivity contribution is 14.0. The molecule has 0 bridgehead atoms. The molecule has 7 nitrogen and oxygen atoms in total. The second kappa shape index (κ2) is 11.5. The SMILES string of the molecule is CCNC(=NCCCc1nnc2ccccn12)N(C)CC1CCCN1CC.I. The minimum Gasteiger partial charge on any atom is -0.357 e. The second-order valence-electron chi connectivity index (χ2n) is 7.19. The molecule has 1 aliphatic rings. The number of halogens is 1. The first-order chi connectivity index (χ1) is 13.2. The Kier molecular flexibility index (Phi) is 9.43. The molecule has 1 aliphatic heterocycles. The Balaban J connectivity index is 0.00000280. The fraction of sp³-hybridized carbons (Fsp3) is 0.650. The van der Waals surface area contributed by atoms with Crippen LogP contribution in [0.4, 0.5) is 0 Å².